The smallest absolute Gasteiger partial charge is 0.310 e. The largest absolute Gasteiger partial charge is 0.481 e. The highest BCUT2D eigenvalue weighted by Gasteiger charge is 2.18. The molecule has 0 spiro atoms. The molecule has 2 rings (SSSR count). The summed E-state index contributed by atoms with van der Waals surface area (Å²) in [6.45, 7) is 1.83. The Labute approximate surface area is 122 Å². The molecule has 5 heteroatoms. The van der Waals surface area contributed by atoms with Crippen molar-refractivity contribution in [1.82, 2.24) is 4.98 Å². The van der Waals surface area contributed by atoms with Gasteiger partial charge in [0.05, 0.1) is 5.92 Å². The first-order valence-electron chi connectivity index (χ1n) is 6.22. The number of pyridine rings is 1. The number of hydrogen-bond acceptors (Lipinski definition) is 3. The number of benzene rings is 1. The fourth-order valence-electron chi connectivity index (χ4n) is 1.87. The number of aromatic nitrogens is 1. The summed E-state index contributed by atoms with van der Waals surface area (Å²) < 4.78 is 5.59. The fourth-order valence-corrected chi connectivity index (χ4v) is 2.00. The number of carboxylic acids is 1. The Balaban J connectivity index is 2.21. The SMILES string of the molecule is CCC(C(=O)O)c1ccnc(Oc2ccc(Cl)cc2)c1. The number of ether oxygens (including phenoxy) is 1. The van der Waals surface area contributed by atoms with Crippen LogP contribution in [0.3, 0.4) is 0 Å². The zero-order chi connectivity index (χ0) is 14.5. The Kier molecular flexibility index (Phi) is 4.58. The quantitative estimate of drug-likeness (QED) is 0.901. The number of aliphatic carboxylic acids is 1. The lowest BCUT2D eigenvalue weighted by molar-refractivity contribution is -0.138. The van der Waals surface area contributed by atoms with Crippen LogP contribution in [0.2, 0.25) is 5.02 Å². The number of hydrogen-bond donors (Lipinski definition) is 1. The Bertz CT molecular complexity index is 598. The summed E-state index contributed by atoms with van der Waals surface area (Å²) in [6, 6.07) is 10.2. The van der Waals surface area contributed by atoms with Gasteiger partial charge in [-0.15, -0.1) is 0 Å². The molecular weight excluding hydrogens is 278 g/mol. The lowest BCUT2D eigenvalue weighted by atomic mass is 9.98. The fraction of sp³-hybridized carbons (Fsp3) is 0.200. The second-order valence-electron chi connectivity index (χ2n) is 4.28. The standard InChI is InChI=1S/C15H14ClNO3/c1-2-13(15(18)19)10-7-8-17-14(9-10)20-12-5-3-11(16)4-6-12/h3-9,13H,2H2,1H3,(H,18,19). The maximum Gasteiger partial charge on any atom is 0.310 e. The van der Waals surface area contributed by atoms with Crippen LogP contribution in [0.1, 0.15) is 24.8 Å². The van der Waals surface area contributed by atoms with E-state index in [4.69, 9.17) is 21.4 Å². The van der Waals surface area contributed by atoms with Gasteiger partial charge in [0.15, 0.2) is 0 Å². The molecule has 0 fully saturated rings. The Morgan fingerprint density at radius 1 is 1.35 bits per heavy atom. The van der Waals surface area contributed by atoms with Crippen LogP contribution in [0, 0.1) is 0 Å². The minimum absolute atomic E-state index is 0.365. The highest BCUT2D eigenvalue weighted by molar-refractivity contribution is 6.30. The van der Waals surface area contributed by atoms with Crippen molar-refractivity contribution in [1.29, 1.82) is 0 Å². The summed E-state index contributed by atoms with van der Waals surface area (Å²) >= 11 is 5.80. The number of halogens is 1. The minimum Gasteiger partial charge on any atom is -0.481 e. The molecule has 1 atom stereocenters. The van der Waals surface area contributed by atoms with Crippen LogP contribution in [-0.4, -0.2) is 16.1 Å². The molecule has 0 aliphatic rings. The van der Waals surface area contributed by atoms with E-state index in [1.54, 1.807) is 42.6 Å². The summed E-state index contributed by atoms with van der Waals surface area (Å²) in [7, 11) is 0. The van der Waals surface area contributed by atoms with Gasteiger partial charge in [-0.2, -0.15) is 0 Å². The Morgan fingerprint density at radius 3 is 2.65 bits per heavy atom. The van der Waals surface area contributed by atoms with E-state index in [-0.39, 0.29) is 0 Å². The number of carboxylic acid groups (broad SMARTS) is 1. The van der Waals surface area contributed by atoms with Crippen molar-refractivity contribution in [3.8, 4) is 11.6 Å². The molecule has 20 heavy (non-hydrogen) atoms. The molecule has 0 aliphatic heterocycles. The maximum atomic E-state index is 11.2. The van der Waals surface area contributed by atoms with Gasteiger partial charge in [-0.05, 0) is 42.3 Å². The molecule has 1 heterocycles. The predicted molar refractivity (Wildman–Crippen MR) is 76.4 cm³/mol. The van der Waals surface area contributed by atoms with Crippen LogP contribution in [0.5, 0.6) is 11.6 Å². The zero-order valence-electron chi connectivity index (χ0n) is 10.9. The van der Waals surface area contributed by atoms with Gasteiger partial charge >= 0.3 is 5.97 Å². The summed E-state index contributed by atoms with van der Waals surface area (Å²) in [5, 5.41) is 9.78. The van der Waals surface area contributed by atoms with E-state index in [2.05, 4.69) is 4.98 Å². The van der Waals surface area contributed by atoms with E-state index in [0.29, 0.717) is 28.6 Å². The van der Waals surface area contributed by atoms with Crippen molar-refractivity contribution in [2.24, 2.45) is 0 Å². The average molecular weight is 292 g/mol. The van der Waals surface area contributed by atoms with Crippen LogP contribution in [0.25, 0.3) is 0 Å². The van der Waals surface area contributed by atoms with E-state index in [0.717, 1.165) is 0 Å². The molecule has 104 valence electrons. The molecular formula is C15H14ClNO3. The second kappa shape index (κ2) is 6.39. The van der Waals surface area contributed by atoms with Gasteiger partial charge in [0.1, 0.15) is 5.75 Å². The van der Waals surface area contributed by atoms with Crippen molar-refractivity contribution in [2.45, 2.75) is 19.3 Å². The molecule has 4 nitrogen and oxygen atoms in total. The van der Waals surface area contributed by atoms with Crippen molar-refractivity contribution in [3.05, 3.63) is 53.2 Å². The normalized spacial score (nSPS) is 11.9. The van der Waals surface area contributed by atoms with Gasteiger partial charge < -0.3 is 9.84 Å². The average Bonchev–Trinajstić information content (AvgIpc) is 2.42. The van der Waals surface area contributed by atoms with Crippen LogP contribution >= 0.6 is 11.6 Å². The summed E-state index contributed by atoms with van der Waals surface area (Å²) in [5.41, 5.74) is 0.680. The monoisotopic (exact) mass is 291 g/mol. The van der Waals surface area contributed by atoms with E-state index >= 15 is 0 Å². The van der Waals surface area contributed by atoms with Crippen molar-refractivity contribution >= 4 is 17.6 Å². The molecule has 0 radical (unpaired) electrons. The van der Waals surface area contributed by atoms with Gasteiger partial charge in [0.25, 0.3) is 0 Å². The lowest BCUT2D eigenvalue weighted by Crippen LogP contribution is -2.10. The predicted octanol–water partition coefficient (Wildman–Crippen LogP) is 4.11. The third-order valence-electron chi connectivity index (χ3n) is 2.90. The number of nitrogens with zero attached hydrogens (tertiary/aromatic N) is 1. The highest BCUT2D eigenvalue weighted by Crippen LogP contribution is 2.26. The summed E-state index contributed by atoms with van der Waals surface area (Å²) in [4.78, 5) is 15.2. The molecule has 1 aromatic heterocycles. The van der Waals surface area contributed by atoms with Crippen molar-refractivity contribution in [2.75, 3.05) is 0 Å². The number of rotatable bonds is 5. The van der Waals surface area contributed by atoms with Gasteiger partial charge in [0, 0.05) is 17.3 Å². The second-order valence-corrected chi connectivity index (χ2v) is 4.72. The van der Waals surface area contributed by atoms with Crippen LogP contribution < -0.4 is 4.74 Å². The first-order valence-corrected chi connectivity index (χ1v) is 6.60. The van der Waals surface area contributed by atoms with Gasteiger partial charge in [0.2, 0.25) is 5.88 Å². The summed E-state index contributed by atoms with van der Waals surface area (Å²) in [5.74, 6) is -0.436. The topological polar surface area (TPSA) is 59.4 Å². The lowest BCUT2D eigenvalue weighted by Gasteiger charge is -2.11. The first kappa shape index (κ1) is 14.3. The van der Waals surface area contributed by atoms with Gasteiger partial charge in [-0.3, -0.25) is 4.79 Å². The van der Waals surface area contributed by atoms with Crippen LogP contribution in [-0.2, 0) is 4.79 Å². The molecule has 0 saturated heterocycles. The molecule has 1 unspecified atom stereocenters. The zero-order valence-corrected chi connectivity index (χ0v) is 11.7. The molecule has 2 aromatic rings. The molecule has 1 aromatic carbocycles. The van der Waals surface area contributed by atoms with Crippen molar-refractivity contribution < 1.29 is 14.6 Å². The van der Waals surface area contributed by atoms with Crippen molar-refractivity contribution in [3.63, 3.8) is 0 Å². The summed E-state index contributed by atoms with van der Waals surface area (Å²) in [6.07, 6.45) is 2.06. The molecule has 1 N–H and O–H groups in total. The molecule has 0 aliphatic carbocycles. The first-order chi connectivity index (χ1) is 9.60. The van der Waals surface area contributed by atoms with Gasteiger partial charge in [-0.25, -0.2) is 4.98 Å². The van der Waals surface area contributed by atoms with E-state index in [1.807, 2.05) is 6.92 Å². The van der Waals surface area contributed by atoms with Crippen LogP contribution in [0.4, 0.5) is 0 Å². The maximum absolute atomic E-state index is 11.2. The number of carbonyl (C=O) groups is 1. The third-order valence-corrected chi connectivity index (χ3v) is 3.16. The third kappa shape index (κ3) is 3.48. The van der Waals surface area contributed by atoms with E-state index in [9.17, 15) is 4.79 Å². The Hall–Kier alpha value is -2.07. The van der Waals surface area contributed by atoms with Crippen LogP contribution in [0.15, 0.2) is 42.6 Å². The Morgan fingerprint density at radius 2 is 2.05 bits per heavy atom. The van der Waals surface area contributed by atoms with E-state index < -0.39 is 11.9 Å². The minimum atomic E-state index is -0.851. The van der Waals surface area contributed by atoms with E-state index in [1.165, 1.54) is 0 Å². The molecule has 0 bridgehead atoms. The molecule has 0 saturated carbocycles. The van der Waals surface area contributed by atoms with Gasteiger partial charge in [-0.1, -0.05) is 18.5 Å². The highest BCUT2D eigenvalue weighted by atomic mass is 35.5. The molecule has 0 amide bonds.